The SMILES string of the molecule is CCC(C)c1ccccc1OC(C)C(=O)Oc1ccc(Br)cc1C(=O)O. The largest absolute Gasteiger partial charge is 0.479 e. The van der Waals surface area contributed by atoms with Gasteiger partial charge in [0.2, 0.25) is 0 Å². The third kappa shape index (κ3) is 4.85. The summed E-state index contributed by atoms with van der Waals surface area (Å²) in [4.78, 5) is 23.7. The molecule has 0 radical (unpaired) electrons. The topological polar surface area (TPSA) is 72.8 Å². The minimum absolute atomic E-state index is 0.0173. The monoisotopic (exact) mass is 420 g/mol. The molecule has 2 aromatic carbocycles. The zero-order chi connectivity index (χ0) is 19.3. The molecular weight excluding hydrogens is 400 g/mol. The molecular formula is C20H21BrO5. The molecule has 0 heterocycles. The molecule has 0 saturated heterocycles. The lowest BCUT2D eigenvalue weighted by molar-refractivity contribution is -0.141. The second kappa shape index (κ2) is 8.85. The number of aromatic carboxylic acids is 1. The Bertz CT molecular complexity index is 803. The van der Waals surface area contributed by atoms with Gasteiger partial charge in [0, 0.05) is 4.47 Å². The van der Waals surface area contributed by atoms with E-state index in [1.807, 2.05) is 24.3 Å². The Labute approximate surface area is 161 Å². The van der Waals surface area contributed by atoms with E-state index in [-0.39, 0.29) is 11.3 Å². The molecule has 0 spiro atoms. The van der Waals surface area contributed by atoms with Gasteiger partial charge in [-0.25, -0.2) is 9.59 Å². The van der Waals surface area contributed by atoms with Crippen LogP contribution in [-0.2, 0) is 4.79 Å². The van der Waals surface area contributed by atoms with Crippen LogP contribution in [0.4, 0.5) is 0 Å². The summed E-state index contributed by atoms with van der Waals surface area (Å²) in [6.45, 7) is 5.75. The molecule has 2 rings (SSSR count). The number of para-hydroxylation sites is 1. The van der Waals surface area contributed by atoms with Gasteiger partial charge in [-0.3, -0.25) is 0 Å². The predicted molar refractivity (Wildman–Crippen MR) is 102 cm³/mol. The van der Waals surface area contributed by atoms with E-state index in [9.17, 15) is 14.7 Å². The fourth-order valence-electron chi connectivity index (χ4n) is 2.40. The quantitative estimate of drug-likeness (QED) is 0.501. The van der Waals surface area contributed by atoms with Crippen molar-refractivity contribution in [3.63, 3.8) is 0 Å². The van der Waals surface area contributed by atoms with Gasteiger partial charge >= 0.3 is 11.9 Å². The molecule has 2 aromatic rings. The number of rotatable bonds is 7. The van der Waals surface area contributed by atoms with Crippen LogP contribution in [0.3, 0.4) is 0 Å². The first-order valence-electron chi connectivity index (χ1n) is 8.33. The van der Waals surface area contributed by atoms with Crippen molar-refractivity contribution in [3.05, 3.63) is 58.1 Å². The smallest absolute Gasteiger partial charge is 0.352 e. The average Bonchev–Trinajstić information content (AvgIpc) is 2.62. The zero-order valence-electron chi connectivity index (χ0n) is 14.9. The van der Waals surface area contributed by atoms with Crippen molar-refractivity contribution >= 4 is 27.9 Å². The molecule has 0 aliphatic carbocycles. The minimum atomic E-state index is -1.18. The Morgan fingerprint density at radius 2 is 1.81 bits per heavy atom. The number of carboxylic acids is 1. The number of hydrogen-bond acceptors (Lipinski definition) is 4. The molecule has 2 atom stereocenters. The van der Waals surface area contributed by atoms with E-state index in [0.717, 1.165) is 12.0 Å². The van der Waals surface area contributed by atoms with Gasteiger partial charge in [0.15, 0.2) is 6.10 Å². The van der Waals surface area contributed by atoms with Crippen molar-refractivity contribution in [1.29, 1.82) is 0 Å². The van der Waals surface area contributed by atoms with Gasteiger partial charge in [0.25, 0.3) is 0 Å². The van der Waals surface area contributed by atoms with Crippen LogP contribution in [-0.4, -0.2) is 23.1 Å². The first-order valence-corrected chi connectivity index (χ1v) is 9.12. The fraction of sp³-hybridized carbons (Fsp3) is 0.300. The molecule has 0 saturated carbocycles. The van der Waals surface area contributed by atoms with Crippen LogP contribution in [0.1, 0.15) is 49.0 Å². The number of carbonyl (C=O) groups excluding carboxylic acids is 1. The van der Waals surface area contributed by atoms with E-state index in [4.69, 9.17) is 9.47 Å². The third-order valence-corrected chi connectivity index (χ3v) is 4.57. The van der Waals surface area contributed by atoms with Crippen LogP contribution < -0.4 is 9.47 Å². The second-order valence-electron chi connectivity index (χ2n) is 5.97. The second-order valence-corrected chi connectivity index (χ2v) is 6.89. The number of hydrogen-bond donors (Lipinski definition) is 1. The fourth-order valence-corrected chi connectivity index (χ4v) is 2.76. The van der Waals surface area contributed by atoms with Crippen LogP contribution in [0.25, 0.3) is 0 Å². The number of carbonyl (C=O) groups is 2. The molecule has 5 nitrogen and oxygen atoms in total. The number of esters is 1. The molecule has 1 N–H and O–H groups in total. The Hall–Kier alpha value is -2.34. The molecule has 0 fully saturated rings. The van der Waals surface area contributed by atoms with Crippen LogP contribution in [0.5, 0.6) is 11.5 Å². The normalized spacial score (nSPS) is 12.9. The van der Waals surface area contributed by atoms with Gasteiger partial charge in [0.05, 0.1) is 0 Å². The lowest BCUT2D eigenvalue weighted by Gasteiger charge is -2.19. The van der Waals surface area contributed by atoms with E-state index in [1.165, 1.54) is 12.1 Å². The van der Waals surface area contributed by atoms with Gasteiger partial charge in [-0.05, 0) is 49.1 Å². The third-order valence-electron chi connectivity index (χ3n) is 4.08. The summed E-state index contributed by atoms with van der Waals surface area (Å²) in [7, 11) is 0. The lowest BCUT2D eigenvalue weighted by atomic mass is 9.98. The summed E-state index contributed by atoms with van der Waals surface area (Å²) in [5.74, 6) is -0.935. The van der Waals surface area contributed by atoms with Crippen molar-refractivity contribution in [2.24, 2.45) is 0 Å². The molecule has 26 heavy (non-hydrogen) atoms. The first-order chi connectivity index (χ1) is 12.3. The van der Waals surface area contributed by atoms with Crippen molar-refractivity contribution < 1.29 is 24.2 Å². The molecule has 6 heteroatoms. The van der Waals surface area contributed by atoms with Gasteiger partial charge < -0.3 is 14.6 Å². The van der Waals surface area contributed by atoms with E-state index in [0.29, 0.717) is 16.1 Å². The number of ether oxygens (including phenoxy) is 2. The molecule has 2 unspecified atom stereocenters. The van der Waals surface area contributed by atoms with Crippen molar-refractivity contribution in [3.8, 4) is 11.5 Å². The zero-order valence-corrected chi connectivity index (χ0v) is 16.4. The van der Waals surface area contributed by atoms with Crippen LogP contribution in [0.2, 0.25) is 0 Å². The summed E-state index contributed by atoms with van der Waals surface area (Å²) in [6, 6.07) is 12.0. The Kier molecular flexibility index (Phi) is 6.80. The summed E-state index contributed by atoms with van der Waals surface area (Å²) in [5.41, 5.74) is 0.921. The highest BCUT2D eigenvalue weighted by Crippen LogP contribution is 2.29. The number of carboxylic acid groups (broad SMARTS) is 1. The standard InChI is InChI=1S/C20H21BrO5/c1-4-12(2)15-7-5-6-8-17(15)25-13(3)20(24)26-18-10-9-14(21)11-16(18)19(22)23/h5-13H,4H2,1-3H3,(H,22,23). The molecule has 138 valence electrons. The van der Waals surface area contributed by atoms with E-state index in [2.05, 4.69) is 29.8 Å². The maximum Gasteiger partial charge on any atom is 0.352 e. The van der Waals surface area contributed by atoms with Crippen LogP contribution in [0.15, 0.2) is 46.9 Å². The van der Waals surface area contributed by atoms with Crippen molar-refractivity contribution in [1.82, 2.24) is 0 Å². The van der Waals surface area contributed by atoms with Gasteiger partial charge in [-0.2, -0.15) is 0 Å². The number of benzene rings is 2. The number of halogens is 1. The van der Waals surface area contributed by atoms with Crippen LogP contribution >= 0.6 is 15.9 Å². The minimum Gasteiger partial charge on any atom is -0.479 e. The van der Waals surface area contributed by atoms with Gasteiger partial charge in [-0.15, -0.1) is 0 Å². The first kappa shape index (κ1) is 20.0. The van der Waals surface area contributed by atoms with E-state index >= 15 is 0 Å². The highest BCUT2D eigenvalue weighted by Gasteiger charge is 2.22. The van der Waals surface area contributed by atoms with E-state index < -0.39 is 18.0 Å². The highest BCUT2D eigenvalue weighted by molar-refractivity contribution is 9.10. The summed E-state index contributed by atoms with van der Waals surface area (Å²) < 4.78 is 11.6. The summed E-state index contributed by atoms with van der Waals surface area (Å²) in [6.07, 6.45) is 0.0607. The Balaban J connectivity index is 2.16. The van der Waals surface area contributed by atoms with Gasteiger partial charge in [-0.1, -0.05) is 48.0 Å². The molecule has 0 aliphatic heterocycles. The van der Waals surface area contributed by atoms with Crippen molar-refractivity contribution in [2.45, 2.75) is 39.2 Å². The highest BCUT2D eigenvalue weighted by atomic mass is 79.9. The Morgan fingerprint density at radius 3 is 2.46 bits per heavy atom. The summed E-state index contributed by atoms with van der Waals surface area (Å²) >= 11 is 3.20. The molecule has 0 aliphatic rings. The predicted octanol–water partition coefficient (Wildman–Crippen LogP) is 5.03. The van der Waals surface area contributed by atoms with Gasteiger partial charge in [0.1, 0.15) is 17.1 Å². The van der Waals surface area contributed by atoms with E-state index in [1.54, 1.807) is 13.0 Å². The Morgan fingerprint density at radius 1 is 1.12 bits per heavy atom. The molecule has 0 bridgehead atoms. The maximum atomic E-state index is 12.4. The maximum absolute atomic E-state index is 12.4. The molecule has 0 amide bonds. The lowest BCUT2D eigenvalue weighted by Crippen LogP contribution is -2.29. The molecule has 0 aromatic heterocycles. The summed E-state index contributed by atoms with van der Waals surface area (Å²) in [5, 5.41) is 9.26. The van der Waals surface area contributed by atoms with Crippen LogP contribution in [0, 0.1) is 0 Å². The van der Waals surface area contributed by atoms with Crippen molar-refractivity contribution in [2.75, 3.05) is 0 Å². The average molecular weight is 421 g/mol.